The van der Waals surface area contributed by atoms with Gasteiger partial charge in [-0.05, 0) is 19.1 Å². The van der Waals surface area contributed by atoms with Gasteiger partial charge in [0.2, 0.25) is 5.91 Å². The van der Waals surface area contributed by atoms with Crippen LogP contribution in [0.25, 0.3) is 0 Å². The van der Waals surface area contributed by atoms with Gasteiger partial charge in [0.05, 0.1) is 18.1 Å². The highest BCUT2D eigenvalue weighted by atomic mass is 16.6. The third kappa shape index (κ3) is 5.32. The van der Waals surface area contributed by atoms with Crippen LogP contribution in [0.3, 0.4) is 0 Å². The number of carbonyl (C=O) groups is 3. The molecule has 24 heavy (non-hydrogen) atoms. The molecule has 130 valence electrons. The number of ether oxygens (including phenoxy) is 1. The second-order valence-corrected chi connectivity index (χ2v) is 4.85. The average molecular weight is 339 g/mol. The minimum absolute atomic E-state index is 0.117. The Morgan fingerprint density at radius 3 is 2.54 bits per heavy atom. The fourth-order valence-electron chi connectivity index (χ4n) is 1.85. The first-order chi connectivity index (χ1) is 11.3. The van der Waals surface area contributed by atoms with Crippen molar-refractivity contribution < 1.29 is 29.2 Å². The SMILES string of the molecule is COCC(NC(=O)CNC(=O)c1ccc([N+](=O)[O-])c(C)c1)C(=O)O. The number of rotatable bonds is 8. The van der Waals surface area contributed by atoms with Crippen LogP contribution in [-0.2, 0) is 14.3 Å². The Labute approximate surface area is 136 Å². The first-order valence-corrected chi connectivity index (χ1v) is 6.80. The van der Waals surface area contributed by atoms with E-state index in [0.29, 0.717) is 5.56 Å². The Hall–Kier alpha value is -3.01. The number of carboxylic acid groups (broad SMARTS) is 1. The summed E-state index contributed by atoms with van der Waals surface area (Å²) in [5, 5.41) is 24.1. The number of hydrogen-bond donors (Lipinski definition) is 3. The van der Waals surface area contributed by atoms with Crippen molar-refractivity contribution in [3.05, 3.63) is 39.4 Å². The van der Waals surface area contributed by atoms with Crippen molar-refractivity contribution in [2.24, 2.45) is 0 Å². The molecule has 3 N–H and O–H groups in total. The third-order valence-corrected chi connectivity index (χ3v) is 3.03. The lowest BCUT2D eigenvalue weighted by Crippen LogP contribution is -2.47. The number of nitrogens with one attached hydrogen (secondary N) is 2. The van der Waals surface area contributed by atoms with Crippen LogP contribution >= 0.6 is 0 Å². The number of aliphatic carboxylic acids is 1. The van der Waals surface area contributed by atoms with E-state index in [1.54, 1.807) is 0 Å². The molecule has 0 aliphatic rings. The first kappa shape index (κ1) is 19.0. The third-order valence-electron chi connectivity index (χ3n) is 3.03. The van der Waals surface area contributed by atoms with Gasteiger partial charge in [-0.3, -0.25) is 19.7 Å². The van der Waals surface area contributed by atoms with Crippen LogP contribution in [0.5, 0.6) is 0 Å². The van der Waals surface area contributed by atoms with Gasteiger partial charge in [0.15, 0.2) is 6.04 Å². The number of methoxy groups -OCH3 is 1. The molecule has 10 nitrogen and oxygen atoms in total. The lowest BCUT2D eigenvalue weighted by molar-refractivity contribution is -0.385. The second-order valence-electron chi connectivity index (χ2n) is 4.85. The van der Waals surface area contributed by atoms with E-state index in [9.17, 15) is 24.5 Å². The first-order valence-electron chi connectivity index (χ1n) is 6.80. The van der Waals surface area contributed by atoms with Crippen molar-refractivity contribution in [1.82, 2.24) is 10.6 Å². The van der Waals surface area contributed by atoms with Gasteiger partial charge in [0, 0.05) is 24.3 Å². The quantitative estimate of drug-likeness (QED) is 0.440. The number of aryl methyl sites for hydroxylation is 1. The summed E-state index contributed by atoms with van der Waals surface area (Å²) in [4.78, 5) is 44.6. The number of carboxylic acids is 1. The topological polar surface area (TPSA) is 148 Å². The number of hydrogen-bond acceptors (Lipinski definition) is 6. The van der Waals surface area contributed by atoms with Gasteiger partial charge >= 0.3 is 5.97 Å². The summed E-state index contributed by atoms with van der Waals surface area (Å²) in [6, 6.07) is 2.57. The fourth-order valence-corrected chi connectivity index (χ4v) is 1.85. The van der Waals surface area contributed by atoms with Crippen molar-refractivity contribution in [3.63, 3.8) is 0 Å². The number of amides is 2. The molecule has 1 unspecified atom stereocenters. The Bertz CT molecular complexity index is 660. The van der Waals surface area contributed by atoms with E-state index in [4.69, 9.17) is 5.11 Å². The predicted molar refractivity (Wildman–Crippen MR) is 81.6 cm³/mol. The van der Waals surface area contributed by atoms with E-state index in [2.05, 4.69) is 15.4 Å². The molecule has 0 aromatic heterocycles. The maximum absolute atomic E-state index is 11.9. The molecule has 1 aromatic rings. The molecule has 0 saturated heterocycles. The number of nitrogens with zero attached hydrogens (tertiary/aromatic N) is 1. The normalized spacial score (nSPS) is 11.4. The van der Waals surface area contributed by atoms with Gasteiger partial charge in [0.25, 0.3) is 11.6 Å². The van der Waals surface area contributed by atoms with Crippen LogP contribution < -0.4 is 10.6 Å². The van der Waals surface area contributed by atoms with Gasteiger partial charge < -0.3 is 20.5 Å². The second kappa shape index (κ2) is 8.58. The summed E-state index contributed by atoms with van der Waals surface area (Å²) in [6.07, 6.45) is 0. The molecule has 0 aliphatic heterocycles. The monoisotopic (exact) mass is 339 g/mol. The molecule has 0 spiro atoms. The lowest BCUT2D eigenvalue weighted by atomic mass is 10.1. The molecular weight excluding hydrogens is 322 g/mol. The molecule has 1 atom stereocenters. The van der Waals surface area contributed by atoms with E-state index in [1.807, 2.05) is 0 Å². The molecule has 0 fully saturated rings. The summed E-state index contributed by atoms with van der Waals surface area (Å²) in [7, 11) is 1.29. The van der Waals surface area contributed by atoms with Gasteiger partial charge in [-0.25, -0.2) is 4.79 Å². The minimum Gasteiger partial charge on any atom is -0.480 e. The molecule has 1 aromatic carbocycles. The van der Waals surface area contributed by atoms with Gasteiger partial charge in [-0.1, -0.05) is 0 Å². The van der Waals surface area contributed by atoms with E-state index in [0.717, 1.165) is 0 Å². The molecule has 0 saturated carbocycles. The van der Waals surface area contributed by atoms with Crippen LogP contribution in [0.4, 0.5) is 5.69 Å². The summed E-state index contributed by atoms with van der Waals surface area (Å²) in [5.74, 6) is -2.57. The fraction of sp³-hybridized carbons (Fsp3) is 0.357. The summed E-state index contributed by atoms with van der Waals surface area (Å²) >= 11 is 0. The predicted octanol–water partition coefficient (Wildman–Crippen LogP) is -0.151. The van der Waals surface area contributed by atoms with Crippen molar-refractivity contribution >= 4 is 23.5 Å². The largest absolute Gasteiger partial charge is 0.480 e. The van der Waals surface area contributed by atoms with Crippen LogP contribution in [0.15, 0.2) is 18.2 Å². The summed E-state index contributed by atoms with van der Waals surface area (Å²) in [6.45, 7) is 0.836. The van der Waals surface area contributed by atoms with Crippen molar-refractivity contribution in [2.75, 3.05) is 20.3 Å². The lowest BCUT2D eigenvalue weighted by Gasteiger charge is -2.13. The summed E-state index contributed by atoms with van der Waals surface area (Å²) in [5.41, 5.74) is 0.342. The van der Waals surface area contributed by atoms with Gasteiger partial charge in [0.1, 0.15) is 0 Å². The highest BCUT2D eigenvalue weighted by Gasteiger charge is 2.20. The molecule has 1 rings (SSSR count). The van der Waals surface area contributed by atoms with Crippen LogP contribution in [0, 0.1) is 17.0 Å². The van der Waals surface area contributed by atoms with Crippen LogP contribution in [-0.4, -0.2) is 54.1 Å². The molecular formula is C14H17N3O7. The average Bonchev–Trinajstić information content (AvgIpc) is 2.51. The number of carbonyl (C=O) groups excluding carboxylic acids is 2. The highest BCUT2D eigenvalue weighted by Crippen LogP contribution is 2.18. The zero-order chi connectivity index (χ0) is 18.3. The molecule has 10 heteroatoms. The van der Waals surface area contributed by atoms with Gasteiger partial charge in [-0.2, -0.15) is 0 Å². The van der Waals surface area contributed by atoms with E-state index in [1.165, 1.54) is 32.2 Å². The van der Waals surface area contributed by atoms with E-state index in [-0.39, 0.29) is 17.9 Å². The molecule has 0 heterocycles. The molecule has 2 amide bonds. The van der Waals surface area contributed by atoms with Gasteiger partial charge in [-0.15, -0.1) is 0 Å². The van der Waals surface area contributed by atoms with Crippen LogP contribution in [0.1, 0.15) is 15.9 Å². The van der Waals surface area contributed by atoms with Crippen molar-refractivity contribution in [1.29, 1.82) is 0 Å². The Balaban J connectivity index is 2.62. The zero-order valence-electron chi connectivity index (χ0n) is 13.1. The number of nitro benzene ring substituents is 1. The minimum atomic E-state index is -1.26. The van der Waals surface area contributed by atoms with Crippen molar-refractivity contribution in [2.45, 2.75) is 13.0 Å². The standard InChI is InChI=1S/C14H17N3O7/c1-8-5-9(3-4-11(8)17(22)23)13(19)15-6-12(18)16-10(7-24-2)14(20)21/h3-5,10H,6-7H2,1-2H3,(H,15,19)(H,16,18)(H,20,21). The van der Waals surface area contributed by atoms with E-state index >= 15 is 0 Å². The maximum atomic E-state index is 11.9. The smallest absolute Gasteiger partial charge is 0.328 e. The Morgan fingerprint density at radius 1 is 1.38 bits per heavy atom. The molecule has 0 aliphatic carbocycles. The van der Waals surface area contributed by atoms with Crippen LogP contribution in [0.2, 0.25) is 0 Å². The van der Waals surface area contributed by atoms with E-state index < -0.39 is 35.3 Å². The Morgan fingerprint density at radius 2 is 2.04 bits per heavy atom. The maximum Gasteiger partial charge on any atom is 0.328 e. The zero-order valence-corrected chi connectivity index (χ0v) is 13.1. The molecule has 0 radical (unpaired) electrons. The van der Waals surface area contributed by atoms with Crippen molar-refractivity contribution in [3.8, 4) is 0 Å². The molecule has 0 bridgehead atoms. The highest BCUT2D eigenvalue weighted by molar-refractivity contribution is 5.97. The number of nitro groups is 1. The Kier molecular flexibility index (Phi) is 6.80. The summed E-state index contributed by atoms with van der Waals surface area (Å²) < 4.78 is 4.67. The number of benzene rings is 1.